The van der Waals surface area contributed by atoms with E-state index in [1.54, 1.807) is 6.07 Å². The Morgan fingerprint density at radius 1 is 1.26 bits per heavy atom. The Labute approximate surface area is 131 Å². The summed E-state index contributed by atoms with van der Waals surface area (Å²) in [6, 6.07) is 7.56. The lowest BCUT2D eigenvalue weighted by molar-refractivity contribution is -0.137. The van der Waals surface area contributed by atoms with Crippen molar-refractivity contribution in [3.8, 4) is 0 Å². The molecule has 6 nitrogen and oxygen atoms in total. The number of carbonyl (C=O) groups excluding carboxylic acids is 1. The molecule has 7 heteroatoms. The van der Waals surface area contributed by atoms with Gasteiger partial charge in [0, 0.05) is 7.11 Å². The molecule has 1 unspecified atom stereocenters. The number of furan rings is 1. The molecule has 0 aliphatic carbocycles. The molecule has 122 valence electrons. The highest BCUT2D eigenvalue weighted by Gasteiger charge is 2.21. The number of nitrogens with one attached hydrogen (secondary N) is 1. The zero-order valence-corrected chi connectivity index (χ0v) is 12.4. The van der Waals surface area contributed by atoms with Crippen molar-refractivity contribution in [3.63, 3.8) is 0 Å². The molecule has 0 aliphatic rings. The van der Waals surface area contributed by atoms with Crippen molar-refractivity contribution < 1.29 is 28.2 Å². The Balaban J connectivity index is 2.14. The summed E-state index contributed by atoms with van der Waals surface area (Å²) in [6.07, 6.45) is -0.330. The second-order valence-electron chi connectivity index (χ2n) is 4.87. The van der Waals surface area contributed by atoms with Gasteiger partial charge in [-0.1, -0.05) is 12.1 Å². The molecule has 1 aromatic carbocycles. The van der Waals surface area contributed by atoms with Crippen LogP contribution in [0.4, 0.5) is 4.39 Å². The fraction of sp³-hybridized carbons (Fsp3) is 0.250. The average molecular weight is 321 g/mol. The molecule has 1 aromatic heterocycles. The predicted molar refractivity (Wildman–Crippen MR) is 78.3 cm³/mol. The number of methoxy groups -OCH3 is 1. The van der Waals surface area contributed by atoms with Crippen molar-refractivity contribution in [1.29, 1.82) is 0 Å². The number of carboxylic acids is 1. The molecule has 2 rings (SSSR count). The molecule has 1 heterocycles. The monoisotopic (exact) mass is 321 g/mol. The van der Waals surface area contributed by atoms with E-state index in [-0.39, 0.29) is 18.8 Å². The maximum Gasteiger partial charge on any atom is 0.305 e. The molecule has 0 aliphatic heterocycles. The minimum Gasteiger partial charge on any atom is -0.481 e. The summed E-state index contributed by atoms with van der Waals surface area (Å²) in [5, 5.41) is 11.6. The summed E-state index contributed by atoms with van der Waals surface area (Å²) in [4.78, 5) is 23.2. The zero-order valence-electron chi connectivity index (χ0n) is 12.4. The fourth-order valence-electron chi connectivity index (χ4n) is 2.07. The minimum absolute atomic E-state index is 0.0505. The van der Waals surface area contributed by atoms with Crippen LogP contribution in [0.25, 0.3) is 0 Å². The zero-order chi connectivity index (χ0) is 16.8. The van der Waals surface area contributed by atoms with Gasteiger partial charge in [-0.3, -0.25) is 9.59 Å². The lowest BCUT2D eigenvalue weighted by Crippen LogP contribution is -2.30. The molecule has 0 saturated carbocycles. The summed E-state index contributed by atoms with van der Waals surface area (Å²) in [7, 11) is 1.50. The Hall–Kier alpha value is -2.67. The second kappa shape index (κ2) is 7.55. The van der Waals surface area contributed by atoms with Gasteiger partial charge in [0.05, 0.1) is 12.5 Å². The van der Waals surface area contributed by atoms with Crippen molar-refractivity contribution in [2.75, 3.05) is 7.11 Å². The van der Waals surface area contributed by atoms with Crippen molar-refractivity contribution in [1.82, 2.24) is 5.32 Å². The van der Waals surface area contributed by atoms with E-state index in [4.69, 9.17) is 14.3 Å². The molecular formula is C16H16FNO5. The maximum absolute atomic E-state index is 13.0. The van der Waals surface area contributed by atoms with Gasteiger partial charge in [0.15, 0.2) is 5.76 Å². The predicted octanol–water partition coefficient (Wildman–Crippen LogP) is 2.51. The van der Waals surface area contributed by atoms with Gasteiger partial charge in [0.1, 0.15) is 18.2 Å². The molecule has 0 spiro atoms. The van der Waals surface area contributed by atoms with Gasteiger partial charge in [-0.2, -0.15) is 0 Å². The SMILES string of the molecule is COCc1ccc(C(=O)NC(CC(=O)O)c2ccc(F)cc2)o1. The Morgan fingerprint density at radius 2 is 1.96 bits per heavy atom. The molecule has 0 bridgehead atoms. The minimum atomic E-state index is -1.08. The quantitative estimate of drug-likeness (QED) is 0.818. The highest BCUT2D eigenvalue weighted by Crippen LogP contribution is 2.19. The maximum atomic E-state index is 13.0. The normalized spacial score (nSPS) is 11.9. The number of benzene rings is 1. The molecule has 2 N–H and O–H groups in total. The number of amides is 1. The van der Waals surface area contributed by atoms with Gasteiger partial charge in [0.25, 0.3) is 5.91 Å². The highest BCUT2D eigenvalue weighted by atomic mass is 19.1. The fourth-order valence-corrected chi connectivity index (χ4v) is 2.07. The first kappa shape index (κ1) is 16.7. The summed E-state index contributed by atoms with van der Waals surface area (Å²) in [6.45, 7) is 0.226. The van der Waals surface area contributed by atoms with Crippen LogP contribution in [-0.4, -0.2) is 24.1 Å². The molecule has 1 amide bonds. The van der Waals surface area contributed by atoms with E-state index in [1.165, 1.54) is 37.4 Å². The third kappa shape index (κ3) is 4.65. The topological polar surface area (TPSA) is 88.8 Å². The smallest absolute Gasteiger partial charge is 0.305 e. The van der Waals surface area contributed by atoms with Crippen molar-refractivity contribution in [3.05, 3.63) is 59.3 Å². The number of halogens is 1. The molecule has 2 aromatic rings. The summed E-state index contributed by atoms with van der Waals surface area (Å²) >= 11 is 0. The van der Waals surface area contributed by atoms with Crippen molar-refractivity contribution in [2.45, 2.75) is 19.1 Å². The third-order valence-corrected chi connectivity index (χ3v) is 3.13. The molecule has 0 saturated heterocycles. The number of aliphatic carboxylic acids is 1. The standard InChI is InChI=1S/C16H16FNO5/c1-22-9-12-6-7-14(23-12)16(21)18-13(8-15(19)20)10-2-4-11(17)5-3-10/h2-7,13H,8-9H2,1H3,(H,18,21)(H,19,20). The van der Waals surface area contributed by atoms with Crippen LogP contribution in [0.1, 0.15) is 34.3 Å². The molecule has 0 radical (unpaired) electrons. The van der Waals surface area contributed by atoms with E-state index in [9.17, 15) is 14.0 Å². The van der Waals surface area contributed by atoms with Crippen molar-refractivity contribution in [2.24, 2.45) is 0 Å². The van der Waals surface area contributed by atoms with Crippen LogP contribution in [0.3, 0.4) is 0 Å². The van der Waals surface area contributed by atoms with E-state index in [0.29, 0.717) is 11.3 Å². The average Bonchev–Trinajstić information content (AvgIpc) is 2.96. The third-order valence-electron chi connectivity index (χ3n) is 3.13. The number of hydrogen-bond acceptors (Lipinski definition) is 4. The second-order valence-corrected chi connectivity index (χ2v) is 4.87. The van der Waals surface area contributed by atoms with Gasteiger partial charge in [0.2, 0.25) is 0 Å². The van der Waals surface area contributed by atoms with E-state index in [1.807, 2.05) is 0 Å². The van der Waals surface area contributed by atoms with Gasteiger partial charge in [-0.15, -0.1) is 0 Å². The van der Waals surface area contributed by atoms with Crippen LogP contribution in [0.2, 0.25) is 0 Å². The number of carboxylic acid groups (broad SMARTS) is 1. The Kier molecular flexibility index (Phi) is 5.48. The Bertz CT molecular complexity index is 680. The molecule has 0 fully saturated rings. The number of rotatable bonds is 7. The van der Waals surface area contributed by atoms with E-state index >= 15 is 0 Å². The van der Waals surface area contributed by atoms with Gasteiger partial charge >= 0.3 is 5.97 Å². The number of carbonyl (C=O) groups is 2. The largest absolute Gasteiger partial charge is 0.481 e. The first-order valence-corrected chi connectivity index (χ1v) is 6.85. The van der Waals surface area contributed by atoms with E-state index in [2.05, 4.69) is 5.32 Å². The summed E-state index contributed by atoms with van der Waals surface area (Å²) in [5.41, 5.74) is 0.492. The Morgan fingerprint density at radius 3 is 2.57 bits per heavy atom. The van der Waals surface area contributed by atoms with Crippen LogP contribution >= 0.6 is 0 Å². The lowest BCUT2D eigenvalue weighted by atomic mass is 10.0. The van der Waals surface area contributed by atoms with Gasteiger partial charge in [-0.05, 0) is 29.8 Å². The van der Waals surface area contributed by atoms with Crippen LogP contribution < -0.4 is 5.32 Å². The lowest BCUT2D eigenvalue weighted by Gasteiger charge is -2.16. The van der Waals surface area contributed by atoms with Crippen molar-refractivity contribution >= 4 is 11.9 Å². The van der Waals surface area contributed by atoms with Gasteiger partial charge in [-0.25, -0.2) is 4.39 Å². The van der Waals surface area contributed by atoms with Crippen LogP contribution in [-0.2, 0) is 16.1 Å². The van der Waals surface area contributed by atoms with E-state index in [0.717, 1.165) is 0 Å². The first-order valence-electron chi connectivity index (χ1n) is 6.85. The van der Waals surface area contributed by atoms with Crippen LogP contribution in [0.15, 0.2) is 40.8 Å². The van der Waals surface area contributed by atoms with Crippen LogP contribution in [0, 0.1) is 5.82 Å². The summed E-state index contributed by atoms with van der Waals surface area (Å²) in [5.74, 6) is -1.55. The first-order chi connectivity index (χ1) is 11.0. The van der Waals surface area contributed by atoms with Gasteiger partial charge < -0.3 is 19.6 Å². The van der Waals surface area contributed by atoms with E-state index < -0.39 is 23.7 Å². The molecule has 23 heavy (non-hydrogen) atoms. The van der Waals surface area contributed by atoms with Crippen LogP contribution in [0.5, 0.6) is 0 Å². The summed E-state index contributed by atoms with van der Waals surface area (Å²) < 4.78 is 23.2. The number of hydrogen-bond donors (Lipinski definition) is 2. The highest BCUT2D eigenvalue weighted by molar-refractivity contribution is 5.92. The molecule has 1 atom stereocenters. The molecular weight excluding hydrogens is 305 g/mol. The number of ether oxygens (including phenoxy) is 1.